The highest BCUT2D eigenvalue weighted by Crippen LogP contribution is 2.17. The average Bonchev–Trinajstić information content (AvgIpc) is 2.84. The summed E-state index contributed by atoms with van der Waals surface area (Å²) in [7, 11) is 0. The van der Waals surface area contributed by atoms with Gasteiger partial charge in [-0.05, 0) is 45.0 Å². The molecule has 1 N–H and O–H groups in total. The van der Waals surface area contributed by atoms with E-state index in [1.807, 2.05) is 0 Å². The molecule has 1 aliphatic heterocycles. The van der Waals surface area contributed by atoms with Crippen LogP contribution in [0.4, 0.5) is 0 Å². The third-order valence-corrected chi connectivity index (χ3v) is 3.06. The Hall–Kier alpha value is -1.62. The Kier molecular flexibility index (Phi) is 4.15. The minimum absolute atomic E-state index is 0.00331. The van der Waals surface area contributed by atoms with Crippen molar-refractivity contribution >= 4 is 5.97 Å². The van der Waals surface area contributed by atoms with E-state index in [4.69, 9.17) is 9.84 Å². The predicted molar refractivity (Wildman–Crippen MR) is 67.1 cm³/mol. The molecule has 0 aliphatic carbocycles. The zero-order valence-electron chi connectivity index (χ0n) is 10.6. The molecular formula is C13H18N2O3. The quantitative estimate of drug-likeness (QED) is 0.859. The van der Waals surface area contributed by atoms with Gasteiger partial charge in [0.15, 0.2) is 11.4 Å². The van der Waals surface area contributed by atoms with Crippen LogP contribution in [-0.4, -0.2) is 47.2 Å². The van der Waals surface area contributed by atoms with E-state index in [0.717, 1.165) is 19.6 Å². The van der Waals surface area contributed by atoms with Crippen molar-refractivity contribution in [2.45, 2.75) is 19.8 Å². The summed E-state index contributed by atoms with van der Waals surface area (Å²) in [6.45, 7) is 5.33. The first kappa shape index (κ1) is 12.8. The molecule has 2 heterocycles. The number of carbonyl (C=O) groups is 1. The second-order valence-electron chi connectivity index (χ2n) is 4.50. The van der Waals surface area contributed by atoms with Crippen molar-refractivity contribution in [2.24, 2.45) is 0 Å². The summed E-state index contributed by atoms with van der Waals surface area (Å²) in [6, 6.07) is 3.44. The van der Waals surface area contributed by atoms with Gasteiger partial charge in [0, 0.05) is 12.2 Å². The number of nitrogens with zero attached hydrogens (tertiary/aromatic N) is 2. The second-order valence-corrected chi connectivity index (χ2v) is 4.50. The zero-order valence-corrected chi connectivity index (χ0v) is 10.6. The fourth-order valence-corrected chi connectivity index (χ4v) is 2.10. The fourth-order valence-electron chi connectivity index (χ4n) is 2.10. The topological polar surface area (TPSA) is 62.7 Å². The van der Waals surface area contributed by atoms with Gasteiger partial charge >= 0.3 is 5.97 Å². The maximum Gasteiger partial charge on any atom is 0.358 e. The molecule has 1 fully saturated rings. The number of carboxylic acids is 1. The Morgan fingerprint density at radius 2 is 2.17 bits per heavy atom. The van der Waals surface area contributed by atoms with Crippen LogP contribution in [0.15, 0.2) is 12.1 Å². The highest BCUT2D eigenvalue weighted by atomic mass is 16.5. The summed E-state index contributed by atoms with van der Waals surface area (Å²) in [5.41, 5.74) is 0.677. The third kappa shape index (κ3) is 3.20. The van der Waals surface area contributed by atoms with Gasteiger partial charge in [0.05, 0.1) is 0 Å². The molecule has 0 radical (unpaired) electrons. The van der Waals surface area contributed by atoms with E-state index in [1.165, 1.54) is 12.8 Å². The number of carboxylic acid groups (broad SMARTS) is 1. The van der Waals surface area contributed by atoms with Crippen LogP contribution in [0.1, 0.15) is 29.0 Å². The number of rotatable bonds is 5. The van der Waals surface area contributed by atoms with Gasteiger partial charge in [-0.3, -0.25) is 4.90 Å². The Morgan fingerprint density at radius 1 is 1.44 bits per heavy atom. The largest absolute Gasteiger partial charge is 0.490 e. The molecule has 0 unspecified atom stereocenters. The van der Waals surface area contributed by atoms with E-state index in [2.05, 4.69) is 9.88 Å². The number of hydrogen-bond acceptors (Lipinski definition) is 4. The molecule has 0 spiro atoms. The lowest BCUT2D eigenvalue weighted by Crippen LogP contribution is -2.25. The molecule has 0 aromatic carbocycles. The SMILES string of the molecule is Cc1ccc(OCCN2CCCC2)c(C(=O)O)n1. The van der Waals surface area contributed by atoms with Gasteiger partial charge in [-0.15, -0.1) is 0 Å². The first-order chi connectivity index (χ1) is 8.66. The van der Waals surface area contributed by atoms with Crippen LogP contribution >= 0.6 is 0 Å². The second kappa shape index (κ2) is 5.82. The molecule has 1 aromatic heterocycles. The monoisotopic (exact) mass is 250 g/mol. The summed E-state index contributed by atoms with van der Waals surface area (Å²) < 4.78 is 5.53. The van der Waals surface area contributed by atoms with Gasteiger partial charge < -0.3 is 9.84 Å². The van der Waals surface area contributed by atoms with E-state index < -0.39 is 5.97 Å². The predicted octanol–water partition coefficient (Wildman–Crippen LogP) is 1.56. The van der Waals surface area contributed by atoms with E-state index in [9.17, 15) is 4.79 Å². The average molecular weight is 250 g/mol. The maximum atomic E-state index is 11.0. The Balaban J connectivity index is 1.93. The molecule has 98 valence electrons. The van der Waals surface area contributed by atoms with Crippen LogP contribution in [-0.2, 0) is 0 Å². The summed E-state index contributed by atoms with van der Waals surface area (Å²) >= 11 is 0. The van der Waals surface area contributed by atoms with E-state index in [1.54, 1.807) is 19.1 Å². The lowest BCUT2D eigenvalue weighted by atomic mass is 10.3. The van der Waals surface area contributed by atoms with Crippen molar-refractivity contribution in [3.63, 3.8) is 0 Å². The van der Waals surface area contributed by atoms with Crippen LogP contribution in [0.3, 0.4) is 0 Å². The van der Waals surface area contributed by atoms with Crippen molar-refractivity contribution < 1.29 is 14.6 Å². The molecule has 1 aliphatic rings. The lowest BCUT2D eigenvalue weighted by molar-refractivity contribution is 0.0684. The van der Waals surface area contributed by atoms with Gasteiger partial charge in [-0.1, -0.05) is 0 Å². The van der Waals surface area contributed by atoms with Crippen molar-refractivity contribution in [2.75, 3.05) is 26.2 Å². The highest BCUT2D eigenvalue weighted by Gasteiger charge is 2.15. The van der Waals surface area contributed by atoms with Gasteiger partial charge in [0.2, 0.25) is 0 Å². The van der Waals surface area contributed by atoms with Crippen LogP contribution in [0.25, 0.3) is 0 Å². The Labute approximate surface area is 106 Å². The molecule has 5 nitrogen and oxygen atoms in total. The van der Waals surface area contributed by atoms with Crippen LogP contribution in [0, 0.1) is 6.92 Å². The first-order valence-corrected chi connectivity index (χ1v) is 6.23. The summed E-state index contributed by atoms with van der Waals surface area (Å²) in [5, 5.41) is 9.05. The van der Waals surface area contributed by atoms with Crippen molar-refractivity contribution in [3.05, 3.63) is 23.5 Å². The van der Waals surface area contributed by atoms with E-state index >= 15 is 0 Å². The van der Waals surface area contributed by atoms with Gasteiger partial charge in [-0.25, -0.2) is 9.78 Å². The number of ether oxygens (including phenoxy) is 1. The number of likely N-dealkylation sites (tertiary alicyclic amines) is 1. The Bertz CT molecular complexity index is 428. The third-order valence-electron chi connectivity index (χ3n) is 3.06. The standard InChI is InChI=1S/C13H18N2O3/c1-10-4-5-11(12(14-10)13(16)17)18-9-8-15-6-2-3-7-15/h4-5H,2-3,6-9H2,1H3,(H,16,17). The Morgan fingerprint density at radius 3 is 2.83 bits per heavy atom. The van der Waals surface area contributed by atoms with Gasteiger partial charge in [-0.2, -0.15) is 0 Å². The van der Waals surface area contributed by atoms with Crippen molar-refractivity contribution in [1.82, 2.24) is 9.88 Å². The molecule has 18 heavy (non-hydrogen) atoms. The van der Waals surface area contributed by atoms with Crippen LogP contribution in [0.5, 0.6) is 5.75 Å². The number of pyridine rings is 1. The molecule has 0 amide bonds. The van der Waals surface area contributed by atoms with Crippen LogP contribution in [0.2, 0.25) is 0 Å². The van der Waals surface area contributed by atoms with E-state index in [0.29, 0.717) is 18.1 Å². The smallest absolute Gasteiger partial charge is 0.358 e. The number of aromatic nitrogens is 1. The molecule has 0 bridgehead atoms. The zero-order chi connectivity index (χ0) is 13.0. The van der Waals surface area contributed by atoms with Crippen molar-refractivity contribution in [3.8, 4) is 5.75 Å². The lowest BCUT2D eigenvalue weighted by Gasteiger charge is -2.15. The number of aryl methyl sites for hydroxylation is 1. The van der Waals surface area contributed by atoms with Crippen molar-refractivity contribution in [1.29, 1.82) is 0 Å². The van der Waals surface area contributed by atoms with E-state index in [-0.39, 0.29) is 5.69 Å². The number of aromatic carboxylic acids is 1. The van der Waals surface area contributed by atoms with Gasteiger partial charge in [0.25, 0.3) is 0 Å². The highest BCUT2D eigenvalue weighted by molar-refractivity contribution is 5.88. The van der Waals surface area contributed by atoms with Gasteiger partial charge in [0.1, 0.15) is 6.61 Å². The molecule has 0 atom stereocenters. The molecule has 1 aromatic rings. The summed E-state index contributed by atoms with van der Waals surface area (Å²) in [5.74, 6) is -0.692. The summed E-state index contributed by atoms with van der Waals surface area (Å²) in [6.07, 6.45) is 2.49. The normalized spacial score (nSPS) is 15.8. The molecule has 2 rings (SSSR count). The first-order valence-electron chi connectivity index (χ1n) is 6.23. The number of hydrogen-bond donors (Lipinski definition) is 1. The fraction of sp³-hybridized carbons (Fsp3) is 0.538. The minimum atomic E-state index is -1.05. The molecular weight excluding hydrogens is 232 g/mol. The summed E-state index contributed by atoms with van der Waals surface area (Å²) in [4.78, 5) is 17.3. The molecule has 5 heteroatoms. The maximum absolute atomic E-state index is 11.0. The molecule has 1 saturated heterocycles. The van der Waals surface area contributed by atoms with Crippen LogP contribution < -0.4 is 4.74 Å². The minimum Gasteiger partial charge on any atom is -0.490 e. The molecule has 0 saturated carbocycles.